The summed E-state index contributed by atoms with van der Waals surface area (Å²) in [6, 6.07) is 4.36. The van der Waals surface area contributed by atoms with Crippen LogP contribution in [0.25, 0.3) is 11.3 Å². The largest absolute Gasteiger partial charge is 0.507 e. The van der Waals surface area contributed by atoms with Gasteiger partial charge in [0, 0.05) is 6.07 Å². The molecule has 0 aliphatic heterocycles. The number of nitrogens with zero attached hydrogens (tertiary/aromatic N) is 1. The van der Waals surface area contributed by atoms with Gasteiger partial charge in [0.15, 0.2) is 11.5 Å². The zero-order valence-electron chi connectivity index (χ0n) is 7.85. The summed E-state index contributed by atoms with van der Waals surface area (Å²) in [7, 11) is 0. The molecule has 1 aromatic heterocycles. The van der Waals surface area contributed by atoms with Crippen LogP contribution < -0.4 is 0 Å². The molecule has 0 unspecified atom stereocenters. The first-order valence-electron chi connectivity index (χ1n) is 4.27. The van der Waals surface area contributed by atoms with E-state index in [-0.39, 0.29) is 22.8 Å². The average Bonchev–Trinajstić information content (AvgIpc) is 2.70. The standard InChI is InChI=1S/C10H6FNO4/c11-5-1-2-8(13)6(3-5)9-4-7(10(14)15)12-16-9/h1-4,13H,(H,14,15). The molecule has 2 N–H and O–H groups in total. The number of benzene rings is 1. The maximum atomic E-state index is 12.9. The highest BCUT2D eigenvalue weighted by Crippen LogP contribution is 2.30. The van der Waals surface area contributed by atoms with Crippen LogP contribution >= 0.6 is 0 Å². The third-order valence-electron chi connectivity index (χ3n) is 1.95. The smallest absolute Gasteiger partial charge is 0.358 e. The Balaban J connectivity index is 2.50. The number of aromatic carboxylic acids is 1. The zero-order valence-corrected chi connectivity index (χ0v) is 7.85. The maximum Gasteiger partial charge on any atom is 0.358 e. The minimum atomic E-state index is -1.26. The van der Waals surface area contributed by atoms with Crippen LogP contribution in [0.2, 0.25) is 0 Å². The third kappa shape index (κ3) is 1.72. The van der Waals surface area contributed by atoms with Crippen LogP contribution in [0, 0.1) is 5.82 Å². The first-order chi connectivity index (χ1) is 7.58. The Morgan fingerprint density at radius 1 is 1.38 bits per heavy atom. The van der Waals surface area contributed by atoms with Crippen LogP contribution in [0.1, 0.15) is 10.5 Å². The number of hydrogen-bond donors (Lipinski definition) is 2. The van der Waals surface area contributed by atoms with E-state index < -0.39 is 11.8 Å². The molecule has 2 rings (SSSR count). The van der Waals surface area contributed by atoms with Gasteiger partial charge in [0.25, 0.3) is 0 Å². The van der Waals surface area contributed by atoms with E-state index in [0.29, 0.717) is 0 Å². The fourth-order valence-electron chi connectivity index (χ4n) is 1.21. The van der Waals surface area contributed by atoms with Crippen LogP contribution in [-0.4, -0.2) is 21.3 Å². The second-order valence-corrected chi connectivity index (χ2v) is 3.04. The van der Waals surface area contributed by atoms with E-state index >= 15 is 0 Å². The van der Waals surface area contributed by atoms with Gasteiger partial charge in [0.1, 0.15) is 11.6 Å². The summed E-state index contributed by atoms with van der Waals surface area (Å²) in [4.78, 5) is 10.5. The summed E-state index contributed by atoms with van der Waals surface area (Å²) in [5, 5.41) is 21.3. The molecule has 1 heterocycles. The molecular weight excluding hydrogens is 217 g/mol. The number of phenols is 1. The van der Waals surface area contributed by atoms with E-state index in [9.17, 15) is 14.3 Å². The molecule has 0 saturated carbocycles. The number of aromatic hydroxyl groups is 1. The number of carboxylic acids is 1. The molecular formula is C10H6FNO4. The van der Waals surface area contributed by atoms with Crippen molar-refractivity contribution in [2.24, 2.45) is 0 Å². The van der Waals surface area contributed by atoms with E-state index in [4.69, 9.17) is 9.63 Å². The second kappa shape index (κ2) is 3.65. The number of halogens is 1. The highest BCUT2D eigenvalue weighted by Gasteiger charge is 2.15. The predicted molar refractivity (Wildman–Crippen MR) is 50.5 cm³/mol. The van der Waals surface area contributed by atoms with Gasteiger partial charge in [-0.25, -0.2) is 9.18 Å². The maximum absolute atomic E-state index is 12.9. The van der Waals surface area contributed by atoms with Gasteiger partial charge in [-0.3, -0.25) is 0 Å². The van der Waals surface area contributed by atoms with E-state index in [1.807, 2.05) is 0 Å². The van der Waals surface area contributed by atoms with Crippen molar-refractivity contribution >= 4 is 5.97 Å². The van der Waals surface area contributed by atoms with E-state index in [1.165, 1.54) is 0 Å². The zero-order chi connectivity index (χ0) is 11.7. The van der Waals surface area contributed by atoms with Crippen molar-refractivity contribution in [1.82, 2.24) is 5.16 Å². The Morgan fingerprint density at radius 3 is 2.75 bits per heavy atom. The molecule has 16 heavy (non-hydrogen) atoms. The molecule has 82 valence electrons. The molecule has 0 aliphatic carbocycles. The minimum Gasteiger partial charge on any atom is -0.507 e. The number of phenolic OH excluding ortho intramolecular Hbond substituents is 1. The van der Waals surface area contributed by atoms with Crippen molar-refractivity contribution in [3.05, 3.63) is 35.8 Å². The molecule has 0 saturated heterocycles. The molecule has 5 nitrogen and oxygen atoms in total. The van der Waals surface area contributed by atoms with Crippen molar-refractivity contribution in [3.8, 4) is 17.1 Å². The van der Waals surface area contributed by atoms with Crippen LogP contribution in [0.15, 0.2) is 28.8 Å². The Bertz CT molecular complexity index is 550. The van der Waals surface area contributed by atoms with Crippen molar-refractivity contribution < 1.29 is 23.9 Å². The highest BCUT2D eigenvalue weighted by molar-refractivity contribution is 5.86. The van der Waals surface area contributed by atoms with Gasteiger partial charge < -0.3 is 14.7 Å². The summed E-state index contributed by atoms with van der Waals surface area (Å²) >= 11 is 0. The van der Waals surface area contributed by atoms with Crippen molar-refractivity contribution in [2.75, 3.05) is 0 Å². The topological polar surface area (TPSA) is 83.6 Å². The quantitative estimate of drug-likeness (QED) is 0.812. The molecule has 6 heteroatoms. The second-order valence-electron chi connectivity index (χ2n) is 3.04. The van der Waals surface area contributed by atoms with Crippen LogP contribution in [0.4, 0.5) is 4.39 Å². The van der Waals surface area contributed by atoms with E-state index in [1.54, 1.807) is 0 Å². The summed E-state index contributed by atoms with van der Waals surface area (Å²) in [5.74, 6) is -2.05. The molecule has 0 fully saturated rings. The Hall–Kier alpha value is -2.37. The molecule has 1 aromatic carbocycles. The lowest BCUT2D eigenvalue weighted by atomic mass is 10.1. The Kier molecular flexibility index (Phi) is 2.32. The number of carboxylic acid groups (broad SMARTS) is 1. The van der Waals surface area contributed by atoms with Crippen molar-refractivity contribution in [2.45, 2.75) is 0 Å². The average molecular weight is 223 g/mol. The van der Waals surface area contributed by atoms with Crippen LogP contribution in [0.3, 0.4) is 0 Å². The number of aromatic nitrogens is 1. The Labute approximate surface area is 88.7 Å². The minimum absolute atomic E-state index is 0.00519. The van der Waals surface area contributed by atoms with E-state index in [0.717, 1.165) is 24.3 Å². The lowest BCUT2D eigenvalue weighted by Gasteiger charge is -1.99. The van der Waals surface area contributed by atoms with E-state index in [2.05, 4.69) is 5.16 Å². The normalized spacial score (nSPS) is 10.3. The van der Waals surface area contributed by atoms with Crippen LogP contribution in [-0.2, 0) is 0 Å². The number of hydrogen-bond acceptors (Lipinski definition) is 4. The third-order valence-corrected chi connectivity index (χ3v) is 1.95. The number of carbonyl (C=O) groups is 1. The first-order valence-corrected chi connectivity index (χ1v) is 4.27. The molecule has 0 atom stereocenters. The predicted octanol–water partition coefficient (Wildman–Crippen LogP) is 1.88. The summed E-state index contributed by atoms with van der Waals surface area (Å²) in [6.45, 7) is 0. The van der Waals surface area contributed by atoms with Gasteiger partial charge in [0.2, 0.25) is 0 Å². The Morgan fingerprint density at radius 2 is 2.12 bits per heavy atom. The SMILES string of the molecule is O=C(O)c1cc(-c2cc(F)ccc2O)on1. The molecule has 0 bridgehead atoms. The number of rotatable bonds is 2. The molecule has 0 radical (unpaired) electrons. The van der Waals surface area contributed by atoms with Gasteiger partial charge in [-0.05, 0) is 18.2 Å². The molecule has 0 aliphatic rings. The fraction of sp³-hybridized carbons (Fsp3) is 0. The van der Waals surface area contributed by atoms with Gasteiger partial charge in [-0.15, -0.1) is 0 Å². The van der Waals surface area contributed by atoms with Crippen LogP contribution in [0.5, 0.6) is 5.75 Å². The lowest BCUT2D eigenvalue weighted by Crippen LogP contribution is -1.94. The van der Waals surface area contributed by atoms with Gasteiger partial charge >= 0.3 is 5.97 Å². The lowest BCUT2D eigenvalue weighted by molar-refractivity contribution is 0.0686. The molecule has 2 aromatic rings. The van der Waals surface area contributed by atoms with Gasteiger partial charge in [0.05, 0.1) is 5.56 Å². The summed E-state index contributed by atoms with van der Waals surface area (Å²) in [5.41, 5.74) is -0.251. The highest BCUT2D eigenvalue weighted by atomic mass is 19.1. The first kappa shape index (κ1) is 10.2. The monoisotopic (exact) mass is 223 g/mol. The summed E-state index contributed by atoms with van der Waals surface area (Å²) in [6.07, 6.45) is 0. The molecule has 0 amide bonds. The fourth-order valence-corrected chi connectivity index (χ4v) is 1.21. The van der Waals surface area contributed by atoms with Crippen molar-refractivity contribution in [1.29, 1.82) is 0 Å². The molecule has 0 spiro atoms. The van der Waals surface area contributed by atoms with Gasteiger partial charge in [-0.2, -0.15) is 0 Å². The van der Waals surface area contributed by atoms with Gasteiger partial charge in [-0.1, -0.05) is 5.16 Å². The summed E-state index contributed by atoms with van der Waals surface area (Å²) < 4.78 is 17.6. The van der Waals surface area contributed by atoms with Crippen molar-refractivity contribution in [3.63, 3.8) is 0 Å².